The van der Waals surface area contributed by atoms with Crippen molar-refractivity contribution in [1.82, 2.24) is 15.0 Å². The number of hydrogen-bond acceptors (Lipinski definition) is 8. The monoisotopic (exact) mass is 444 g/mol. The summed E-state index contributed by atoms with van der Waals surface area (Å²) < 4.78 is 11.4. The first-order valence-corrected chi connectivity index (χ1v) is 10.5. The highest BCUT2D eigenvalue weighted by molar-refractivity contribution is 5.97. The summed E-state index contributed by atoms with van der Waals surface area (Å²) in [5.74, 6) is -0.577. The van der Waals surface area contributed by atoms with Gasteiger partial charge in [-0.1, -0.05) is 6.07 Å². The molecule has 166 valence electrons. The van der Waals surface area contributed by atoms with Crippen LogP contribution in [0.4, 0.5) is 11.8 Å². The van der Waals surface area contributed by atoms with Crippen LogP contribution in [-0.4, -0.2) is 34.1 Å². The Morgan fingerprint density at radius 3 is 2.70 bits per heavy atom. The Kier molecular flexibility index (Phi) is 5.36. The smallest absolute Gasteiger partial charge is 0.258 e. The number of carbonyl (C=O) groups excluding carboxylic acids is 1. The van der Waals surface area contributed by atoms with Crippen LogP contribution in [0, 0.1) is 17.2 Å². The van der Waals surface area contributed by atoms with E-state index in [-0.39, 0.29) is 17.3 Å². The summed E-state index contributed by atoms with van der Waals surface area (Å²) >= 11 is 0. The molecule has 0 radical (unpaired) electrons. The molecule has 2 unspecified atom stereocenters. The van der Waals surface area contributed by atoms with Crippen molar-refractivity contribution in [2.24, 2.45) is 5.92 Å². The van der Waals surface area contributed by atoms with E-state index >= 15 is 0 Å². The van der Waals surface area contributed by atoms with Crippen LogP contribution >= 0.6 is 0 Å². The normalized spacial score (nSPS) is 18.9. The van der Waals surface area contributed by atoms with Crippen molar-refractivity contribution in [3.63, 3.8) is 0 Å². The van der Waals surface area contributed by atoms with Crippen molar-refractivity contribution in [1.29, 1.82) is 5.26 Å². The largest absolute Gasteiger partial charge is 0.490 e. The van der Waals surface area contributed by atoms with E-state index in [2.05, 4.69) is 25.6 Å². The molecule has 2 aromatic heterocycles. The summed E-state index contributed by atoms with van der Waals surface area (Å²) in [6, 6.07) is 11.0. The maximum atomic E-state index is 13.0. The Bertz CT molecular complexity index is 1300. The molecule has 3 aromatic rings. The van der Waals surface area contributed by atoms with Crippen LogP contribution in [0.25, 0.3) is 0 Å². The number of H-pyrrole nitrogens is 1. The summed E-state index contributed by atoms with van der Waals surface area (Å²) in [5.41, 5.74) is 1.37. The highest BCUT2D eigenvalue weighted by atomic mass is 16.5. The topological polar surface area (TPSA) is 142 Å². The Morgan fingerprint density at radius 2 is 1.91 bits per heavy atom. The van der Waals surface area contributed by atoms with Crippen molar-refractivity contribution in [3.05, 3.63) is 69.8 Å². The first-order chi connectivity index (χ1) is 16.1. The number of nitrogens with one attached hydrogen (secondary N) is 3. The van der Waals surface area contributed by atoms with Gasteiger partial charge in [-0.15, -0.1) is 0 Å². The molecule has 0 saturated heterocycles. The Balaban J connectivity index is 1.43. The van der Waals surface area contributed by atoms with Crippen LogP contribution in [0.1, 0.15) is 29.0 Å². The van der Waals surface area contributed by atoms with Crippen LogP contribution in [0.15, 0.2) is 47.5 Å². The predicted octanol–water partition coefficient (Wildman–Crippen LogP) is 2.16. The van der Waals surface area contributed by atoms with Crippen molar-refractivity contribution < 1.29 is 14.3 Å². The van der Waals surface area contributed by atoms with Gasteiger partial charge >= 0.3 is 0 Å². The molecule has 2 atom stereocenters. The van der Waals surface area contributed by atoms with E-state index in [0.717, 1.165) is 12.0 Å². The standard InChI is InChI=1S/C23H20N6O4/c24-11-15-18(14-4-6-25-7-5-14)19-20(27-21(15)30)28-23(29-22(19)31)26-12-13-2-3-16-17(10-13)33-9-1-8-32-16/h2-7,10,15,18H,1,8-9,12H2,(H3,26,27,28,29,30,31). The van der Waals surface area contributed by atoms with E-state index in [4.69, 9.17) is 9.47 Å². The summed E-state index contributed by atoms with van der Waals surface area (Å²) in [4.78, 5) is 36.7. The number of rotatable bonds is 4. The fraction of sp³-hybridized carbons (Fsp3) is 0.261. The van der Waals surface area contributed by atoms with Gasteiger partial charge in [-0.25, -0.2) is 0 Å². The van der Waals surface area contributed by atoms with Crippen LogP contribution in [0.5, 0.6) is 11.5 Å². The van der Waals surface area contributed by atoms with E-state index in [1.165, 1.54) is 0 Å². The van der Waals surface area contributed by atoms with E-state index in [9.17, 15) is 14.9 Å². The zero-order valence-electron chi connectivity index (χ0n) is 17.5. The zero-order valence-corrected chi connectivity index (χ0v) is 17.5. The second-order valence-electron chi connectivity index (χ2n) is 7.72. The number of fused-ring (bicyclic) bond motifs is 2. The minimum absolute atomic E-state index is 0.137. The molecule has 1 amide bonds. The lowest BCUT2D eigenvalue weighted by Crippen LogP contribution is -2.38. The van der Waals surface area contributed by atoms with Gasteiger partial charge in [0.15, 0.2) is 11.5 Å². The quantitative estimate of drug-likeness (QED) is 0.556. The number of amides is 1. The molecule has 0 saturated carbocycles. The van der Waals surface area contributed by atoms with Crippen LogP contribution in [-0.2, 0) is 11.3 Å². The number of hydrogen-bond donors (Lipinski definition) is 3. The van der Waals surface area contributed by atoms with Gasteiger partial charge in [0.2, 0.25) is 11.9 Å². The van der Waals surface area contributed by atoms with Crippen molar-refractivity contribution in [3.8, 4) is 17.6 Å². The van der Waals surface area contributed by atoms with E-state index in [1.807, 2.05) is 24.3 Å². The van der Waals surface area contributed by atoms with Gasteiger partial charge < -0.3 is 20.1 Å². The number of benzene rings is 1. The molecule has 33 heavy (non-hydrogen) atoms. The summed E-state index contributed by atoms with van der Waals surface area (Å²) in [6.07, 6.45) is 3.94. The first kappa shape index (κ1) is 20.5. The van der Waals surface area contributed by atoms with Crippen molar-refractivity contribution >= 4 is 17.7 Å². The molecule has 1 aromatic carbocycles. The third-order valence-electron chi connectivity index (χ3n) is 5.60. The molecule has 0 fully saturated rings. The SMILES string of the molecule is N#CC1C(=O)Nc2nc(NCc3ccc4c(c3)OCCCO4)[nH]c(=O)c2C1c1ccncc1. The second kappa shape index (κ2) is 8.63. The second-order valence-corrected chi connectivity index (χ2v) is 7.72. The van der Waals surface area contributed by atoms with Crippen LogP contribution < -0.4 is 25.7 Å². The van der Waals surface area contributed by atoms with E-state index in [0.29, 0.717) is 36.8 Å². The molecule has 0 aliphatic carbocycles. The number of aromatic nitrogens is 3. The Hall–Kier alpha value is -4.39. The lowest BCUT2D eigenvalue weighted by Gasteiger charge is -2.28. The van der Waals surface area contributed by atoms with Gasteiger partial charge in [0.25, 0.3) is 5.56 Å². The lowest BCUT2D eigenvalue weighted by atomic mass is 9.79. The average Bonchev–Trinajstić information content (AvgIpc) is 3.07. The van der Waals surface area contributed by atoms with Gasteiger partial charge in [-0.3, -0.25) is 19.6 Å². The van der Waals surface area contributed by atoms with Crippen molar-refractivity contribution in [2.45, 2.75) is 18.9 Å². The molecule has 5 rings (SSSR count). The average molecular weight is 444 g/mol. The van der Waals surface area contributed by atoms with Crippen LogP contribution in [0.3, 0.4) is 0 Å². The van der Waals surface area contributed by atoms with Gasteiger partial charge in [0.05, 0.1) is 24.8 Å². The molecule has 10 nitrogen and oxygen atoms in total. The highest BCUT2D eigenvalue weighted by Gasteiger charge is 2.40. The van der Waals surface area contributed by atoms with E-state index < -0.39 is 23.3 Å². The van der Waals surface area contributed by atoms with Gasteiger partial charge in [-0.2, -0.15) is 10.2 Å². The first-order valence-electron chi connectivity index (χ1n) is 10.5. The minimum atomic E-state index is -1.05. The number of anilines is 2. The molecule has 0 spiro atoms. The molecular formula is C23H20N6O4. The zero-order chi connectivity index (χ0) is 22.8. The van der Waals surface area contributed by atoms with Gasteiger partial charge in [0.1, 0.15) is 11.7 Å². The number of nitriles is 1. The maximum Gasteiger partial charge on any atom is 0.258 e. The molecule has 4 heterocycles. The summed E-state index contributed by atoms with van der Waals surface area (Å²) in [6.45, 7) is 1.57. The van der Waals surface area contributed by atoms with Crippen LogP contribution in [0.2, 0.25) is 0 Å². The summed E-state index contributed by atoms with van der Waals surface area (Å²) in [7, 11) is 0. The predicted molar refractivity (Wildman–Crippen MR) is 118 cm³/mol. The van der Waals surface area contributed by atoms with E-state index in [1.54, 1.807) is 24.5 Å². The fourth-order valence-electron chi connectivity index (χ4n) is 4.03. The Labute approximate surface area is 188 Å². The fourth-order valence-corrected chi connectivity index (χ4v) is 4.03. The third-order valence-corrected chi connectivity index (χ3v) is 5.60. The molecule has 2 aliphatic heterocycles. The number of pyridine rings is 1. The van der Waals surface area contributed by atoms with Gasteiger partial charge in [-0.05, 0) is 35.4 Å². The molecule has 10 heteroatoms. The lowest BCUT2D eigenvalue weighted by molar-refractivity contribution is -0.119. The highest BCUT2D eigenvalue weighted by Crippen LogP contribution is 2.37. The number of carbonyl (C=O) groups is 1. The summed E-state index contributed by atoms with van der Waals surface area (Å²) in [5, 5.41) is 15.3. The minimum Gasteiger partial charge on any atom is -0.490 e. The molecule has 0 bridgehead atoms. The molecular weight excluding hydrogens is 424 g/mol. The third kappa shape index (κ3) is 3.96. The van der Waals surface area contributed by atoms with Gasteiger partial charge in [0, 0.05) is 31.3 Å². The molecule has 3 N–H and O–H groups in total. The number of ether oxygens (including phenoxy) is 2. The maximum absolute atomic E-state index is 13.0. The number of aromatic amines is 1. The van der Waals surface area contributed by atoms with Crippen molar-refractivity contribution in [2.75, 3.05) is 23.8 Å². The Morgan fingerprint density at radius 1 is 1.12 bits per heavy atom. The number of nitrogens with zero attached hydrogens (tertiary/aromatic N) is 3. The molecule has 2 aliphatic rings.